The number of nitrogens with one attached hydrogen (secondary N) is 1. The Hall–Kier alpha value is -3.72. The molecule has 0 saturated heterocycles. The third-order valence-electron chi connectivity index (χ3n) is 5.97. The van der Waals surface area contributed by atoms with E-state index in [1.165, 1.54) is 19.4 Å². The van der Waals surface area contributed by atoms with Gasteiger partial charge in [0.05, 0.1) is 24.8 Å². The number of nitrogens with zero attached hydrogens (tertiary/aromatic N) is 1. The van der Waals surface area contributed by atoms with Crippen LogP contribution in [0.3, 0.4) is 0 Å². The van der Waals surface area contributed by atoms with Crippen LogP contribution < -0.4 is 14.8 Å². The van der Waals surface area contributed by atoms with Crippen molar-refractivity contribution < 1.29 is 31.8 Å². The summed E-state index contributed by atoms with van der Waals surface area (Å²) < 4.78 is 66.6. The quantitative estimate of drug-likeness (QED) is 0.169. The number of aromatic nitrogens is 1. The third-order valence-corrected chi connectivity index (χ3v) is 6.22. The van der Waals surface area contributed by atoms with Crippen LogP contribution in [0.2, 0.25) is 5.02 Å². The molecule has 1 atom stereocenters. The largest absolute Gasteiger partial charge is 0.497 e. The van der Waals surface area contributed by atoms with Crippen LogP contribution in [-0.2, 0) is 6.18 Å². The van der Waals surface area contributed by atoms with E-state index in [-0.39, 0.29) is 10.9 Å². The second-order valence-corrected chi connectivity index (χ2v) is 9.08. The molecule has 0 amide bonds. The van der Waals surface area contributed by atoms with Crippen molar-refractivity contribution in [3.8, 4) is 11.5 Å². The fraction of sp³-hybridized carbons (Fsp3) is 0.250. The Bertz CT molecular complexity index is 1430. The highest BCUT2D eigenvalue weighted by Crippen LogP contribution is 2.35. The highest BCUT2D eigenvalue weighted by molar-refractivity contribution is 6.30. The summed E-state index contributed by atoms with van der Waals surface area (Å²) in [5.41, 5.74) is -0.521. The van der Waals surface area contributed by atoms with E-state index in [0.717, 1.165) is 23.5 Å². The van der Waals surface area contributed by atoms with Gasteiger partial charge in [0.1, 0.15) is 23.4 Å². The van der Waals surface area contributed by atoms with Crippen LogP contribution in [0.4, 0.5) is 23.2 Å². The van der Waals surface area contributed by atoms with Gasteiger partial charge in [0, 0.05) is 40.5 Å². The maximum atomic E-state index is 14.1. The van der Waals surface area contributed by atoms with Crippen LogP contribution in [0.1, 0.15) is 41.7 Å². The summed E-state index contributed by atoms with van der Waals surface area (Å²) >= 11 is 6.04. The minimum Gasteiger partial charge on any atom is -0.497 e. The molecule has 200 valence electrons. The molecule has 0 spiro atoms. The first kappa shape index (κ1) is 27.3. The Morgan fingerprint density at radius 3 is 2.42 bits per heavy atom. The molecule has 38 heavy (non-hydrogen) atoms. The summed E-state index contributed by atoms with van der Waals surface area (Å²) in [6.07, 6.45) is -1.79. The normalized spacial score (nSPS) is 12.4. The number of alkyl halides is 3. The van der Waals surface area contributed by atoms with Crippen molar-refractivity contribution in [2.24, 2.45) is 0 Å². The van der Waals surface area contributed by atoms with Crippen LogP contribution >= 0.6 is 11.6 Å². The molecule has 0 radical (unpaired) electrons. The van der Waals surface area contributed by atoms with Gasteiger partial charge in [-0.05, 0) is 42.3 Å². The Kier molecular flexibility index (Phi) is 8.16. The zero-order valence-corrected chi connectivity index (χ0v) is 21.4. The lowest BCUT2D eigenvalue weighted by molar-refractivity contribution is -0.139. The van der Waals surface area contributed by atoms with Gasteiger partial charge in [-0.2, -0.15) is 13.2 Å². The van der Waals surface area contributed by atoms with Gasteiger partial charge in [-0.1, -0.05) is 37.1 Å². The third kappa shape index (κ3) is 6.05. The Morgan fingerprint density at radius 2 is 1.76 bits per heavy atom. The molecule has 1 aromatic heterocycles. The molecule has 0 bridgehead atoms. The molecule has 0 aliphatic rings. The molecular formula is C28H25ClF4N2O3. The number of hydrogen-bond donors (Lipinski definition) is 1. The van der Waals surface area contributed by atoms with E-state index in [1.54, 1.807) is 42.5 Å². The van der Waals surface area contributed by atoms with E-state index in [2.05, 4.69) is 5.32 Å². The van der Waals surface area contributed by atoms with Crippen molar-refractivity contribution in [2.75, 3.05) is 19.0 Å². The summed E-state index contributed by atoms with van der Waals surface area (Å²) in [5.74, 6) is -0.979. The van der Waals surface area contributed by atoms with Gasteiger partial charge in [0.2, 0.25) is 0 Å². The smallest absolute Gasteiger partial charge is 0.419 e. The van der Waals surface area contributed by atoms with Crippen molar-refractivity contribution in [3.05, 3.63) is 88.8 Å². The molecule has 3 aromatic carbocycles. The Balaban J connectivity index is 1.77. The predicted molar refractivity (Wildman–Crippen MR) is 139 cm³/mol. The van der Waals surface area contributed by atoms with E-state index in [0.29, 0.717) is 40.4 Å². The van der Waals surface area contributed by atoms with Crippen LogP contribution in [0.25, 0.3) is 10.9 Å². The Morgan fingerprint density at radius 1 is 1.05 bits per heavy atom. The monoisotopic (exact) mass is 548 g/mol. The number of hydrogen-bond acceptors (Lipinski definition) is 4. The van der Waals surface area contributed by atoms with E-state index in [9.17, 15) is 22.4 Å². The van der Waals surface area contributed by atoms with E-state index >= 15 is 0 Å². The lowest BCUT2D eigenvalue weighted by Crippen LogP contribution is -2.26. The highest BCUT2D eigenvalue weighted by atomic mass is 35.5. The van der Waals surface area contributed by atoms with Crippen molar-refractivity contribution in [1.29, 1.82) is 0 Å². The molecule has 5 nitrogen and oxygen atoms in total. The van der Waals surface area contributed by atoms with Crippen molar-refractivity contribution in [2.45, 2.75) is 32.0 Å². The second kappa shape index (κ2) is 11.3. The van der Waals surface area contributed by atoms with E-state index < -0.39 is 29.5 Å². The molecule has 1 heterocycles. The maximum absolute atomic E-state index is 14.1. The van der Waals surface area contributed by atoms with Crippen LogP contribution in [0, 0.1) is 5.82 Å². The number of anilines is 1. The van der Waals surface area contributed by atoms with Crippen LogP contribution in [0.15, 0.2) is 66.9 Å². The molecule has 1 unspecified atom stereocenters. The van der Waals surface area contributed by atoms with Crippen LogP contribution in [0.5, 0.6) is 11.5 Å². The van der Waals surface area contributed by atoms with Gasteiger partial charge >= 0.3 is 6.18 Å². The van der Waals surface area contributed by atoms with Crippen LogP contribution in [-0.4, -0.2) is 24.2 Å². The number of carbonyl (C=O) groups excluding carboxylic acids is 1. The Labute approximate surface area is 221 Å². The first-order valence-electron chi connectivity index (χ1n) is 11.9. The second-order valence-electron chi connectivity index (χ2n) is 8.64. The average Bonchev–Trinajstić information content (AvgIpc) is 3.29. The van der Waals surface area contributed by atoms with Gasteiger partial charge in [0.25, 0.3) is 5.91 Å². The molecule has 0 aliphatic carbocycles. The van der Waals surface area contributed by atoms with Gasteiger partial charge in [0.15, 0.2) is 0 Å². The minimum atomic E-state index is -4.92. The number of benzene rings is 3. The van der Waals surface area contributed by atoms with E-state index in [1.807, 2.05) is 6.92 Å². The number of ether oxygens (including phenoxy) is 2. The first-order valence-corrected chi connectivity index (χ1v) is 12.2. The van der Waals surface area contributed by atoms with E-state index in [4.69, 9.17) is 21.1 Å². The number of unbranched alkanes of at least 4 members (excludes halogenated alkanes) is 1. The van der Waals surface area contributed by atoms with Gasteiger partial charge < -0.3 is 14.8 Å². The standard InChI is InChI=1S/C28H25ClF4N2O3/c1-3-4-11-38-22-14-20(13-21(15-22)37-2)34-26(17-5-7-19(29)8-6-17)27(36)35-10-9-18-12-24(30)23(16-25(18)35)28(31,32)33/h5-10,12-16,26,34H,3-4,11H2,1-2H3. The molecule has 0 aliphatic heterocycles. The van der Waals surface area contributed by atoms with Crippen molar-refractivity contribution >= 4 is 34.1 Å². The number of halogens is 5. The number of fused-ring (bicyclic) bond motifs is 1. The zero-order chi connectivity index (χ0) is 27.4. The lowest BCUT2D eigenvalue weighted by Gasteiger charge is -2.21. The average molecular weight is 549 g/mol. The molecule has 0 fully saturated rings. The molecule has 4 rings (SSSR count). The summed E-state index contributed by atoms with van der Waals surface area (Å²) in [4.78, 5) is 13.8. The van der Waals surface area contributed by atoms with Gasteiger partial charge in [-0.3, -0.25) is 9.36 Å². The minimum absolute atomic E-state index is 0.0706. The molecular weight excluding hydrogens is 524 g/mol. The molecule has 0 saturated carbocycles. The van der Waals surface area contributed by atoms with Crippen molar-refractivity contribution in [1.82, 2.24) is 4.57 Å². The number of carbonyl (C=O) groups is 1. The number of methoxy groups -OCH3 is 1. The SMILES string of the molecule is CCCCOc1cc(NC(C(=O)n2ccc3cc(F)c(C(F)(F)F)cc32)c2ccc(Cl)cc2)cc(OC)c1. The fourth-order valence-electron chi connectivity index (χ4n) is 4.00. The summed E-state index contributed by atoms with van der Waals surface area (Å²) in [7, 11) is 1.50. The van der Waals surface area contributed by atoms with Crippen molar-refractivity contribution in [3.63, 3.8) is 0 Å². The lowest BCUT2D eigenvalue weighted by atomic mass is 10.0. The first-order chi connectivity index (χ1) is 18.1. The number of rotatable bonds is 9. The van der Waals surface area contributed by atoms with Gasteiger partial charge in [-0.15, -0.1) is 0 Å². The maximum Gasteiger partial charge on any atom is 0.419 e. The zero-order valence-electron chi connectivity index (χ0n) is 20.6. The summed E-state index contributed by atoms with van der Waals surface area (Å²) in [5, 5.41) is 3.77. The topological polar surface area (TPSA) is 52.5 Å². The molecule has 4 aromatic rings. The summed E-state index contributed by atoms with van der Waals surface area (Å²) in [6.45, 7) is 2.54. The highest BCUT2D eigenvalue weighted by Gasteiger charge is 2.35. The predicted octanol–water partition coefficient (Wildman–Crippen LogP) is 8.13. The van der Waals surface area contributed by atoms with Gasteiger partial charge in [-0.25, -0.2) is 4.39 Å². The molecule has 10 heteroatoms. The summed E-state index contributed by atoms with van der Waals surface area (Å²) in [6, 6.07) is 13.4. The fourth-order valence-corrected chi connectivity index (χ4v) is 4.13. The molecule has 1 N–H and O–H groups in total.